The smallest absolute Gasteiger partial charge is 0.130 e. The molecule has 4 nitrogen and oxygen atoms in total. The zero-order valence-electron chi connectivity index (χ0n) is 10.2. The average Bonchev–Trinajstić information content (AvgIpc) is 2.86. The fraction of sp³-hybridized carbons (Fsp3) is 0.385. The molecule has 1 N–H and O–H groups in total. The summed E-state index contributed by atoms with van der Waals surface area (Å²) in [7, 11) is 1.73. The molecule has 1 fully saturated rings. The van der Waals surface area contributed by atoms with Crippen molar-refractivity contribution >= 4 is 16.5 Å². The van der Waals surface area contributed by atoms with Gasteiger partial charge in [0.1, 0.15) is 10.8 Å². The van der Waals surface area contributed by atoms with Crippen molar-refractivity contribution in [3.05, 3.63) is 36.0 Å². The van der Waals surface area contributed by atoms with E-state index >= 15 is 0 Å². The van der Waals surface area contributed by atoms with Gasteiger partial charge in [0.2, 0.25) is 0 Å². The lowest BCUT2D eigenvalue weighted by Crippen LogP contribution is -2.33. The van der Waals surface area contributed by atoms with Crippen LogP contribution >= 0.6 is 11.5 Å². The van der Waals surface area contributed by atoms with Gasteiger partial charge >= 0.3 is 0 Å². The number of rotatable bonds is 4. The van der Waals surface area contributed by atoms with E-state index in [2.05, 4.69) is 27.0 Å². The Morgan fingerprint density at radius 1 is 1.33 bits per heavy atom. The minimum absolute atomic E-state index is 0.530. The molecule has 0 aliphatic heterocycles. The van der Waals surface area contributed by atoms with Crippen molar-refractivity contribution in [1.29, 1.82) is 0 Å². The molecule has 1 aliphatic carbocycles. The fourth-order valence-electron chi connectivity index (χ4n) is 2.43. The van der Waals surface area contributed by atoms with Crippen LogP contribution in [0.1, 0.15) is 24.3 Å². The maximum Gasteiger partial charge on any atom is 0.130 e. The van der Waals surface area contributed by atoms with Crippen LogP contribution in [0, 0.1) is 0 Å². The quantitative estimate of drug-likeness (QED) is 0.919. The van der Waals surface area contributed by atoms with Crippen LogP contribution in [0.2, 0.25) is 0 Å². The van der Waals surface area contributed by atoms with Gasteiger partial charge in [0.25, 0.3) is 0 Å². The fourth-order valence-corrected chi connectivity index (χ4v) is 2.92. The number of anilines is 1. The van der Waals surface area contributed by atoms with Crippen molar-refractivity contribution in [2.24, 2.45) is 0 Å². The third-order valence-electron chi connectivity index (χ3n) is 3.42. The molecule has 1 aromatic carbocycles. The summed E-state index contributed by atoms with van der Waals surface area (Å²) in [6.45, 7) is 0. The Bertz CT molecular complexity index is 509. The number of nitrogens with one attached hydrogen (secondary N) is 1. The van der Waals surface area contributed by atoms with Gasteiger partial charge in [-0.05, 0) is 30.4 Å². The summed E-state index contributed by atoms with van der Waals surface area (Å²) in [5.41, 5.74) is 1.32. The minimum Gasteiger partial charge on any atom is -0.496 e. The summed E-state index contributed by atoms with van der Waals surface area (Å²) in [6, 6.07) is 8.81. The van der Waals surface area contributed by atoms with E-state index < -0.39 is 0 Å². The van der Waals surface area contributed by atoms with Gasteiger partial charge in [0.15, 0.2) is 0 Å². The maximum atomic E-state index is 5.40. The van der Waals surface area contributed by atoms with Gasteiger partial charge < -0.3 is 10.1 Å². The van der Waals surface area contributed by atoms with Crippen molar-refractivity contribution in [2.75, 3.05) is 12.4 Å². The molecule has 0 saturated heterocycles. The molecule has 1 aliphatic rings. The molecule has 1 heterocycles. The maximum absolute atomic E-state index is 5.40. The van der Waals surface area contributed by atoms with Crippen LogP contribution < -0.4 is 10.1 Å². The average molecular weight is 261 g/mol. The number of methoxy groups -OCH3 is 1. The highest BCUT2D eigenvalue weighted by molar-refractivity contribution is 7.09. The van der Waals surface area contributed by atoms with Crippen molar-refractivity contribution in [3.63, 3.8) is 0 Å². The molecular weight excluding hydrogens is 246 g/mol. The molecule has 2 aromatic rings. The van der Waals surface area contributed by atoms with Gasteiger partial charge in [-0.15, -0.1) is 5.10 Å². The summed E-state index contributed by atoms with van der Waals surface area (Å²) in [5.74, 6) is 1.60. The second-order valence-electron chi connectivity index (χ2n) is 4.53. The van der Waals surface area contributed by atoms with E-state index in [9.17, 15) is 0 Å². The van der Waals surface area contributed by atoms with Gasteiger partial charge in [-0.1, -0.05) is 22.7 Å². The Balaban J connectivity index is 1.61. The zero-order chi connectivity index (χ0) is 12.4. The number of hydrogen-bond acceptors (Lipinski definition) is 5. The van der Waals surface area contributed by atoms with Crippen molar-refractivity contribution < 1.29 is 4.74 Å². The highest BCUT2D eigenvalue weighted by Gasteiger charge is 2.32. The SMILES string of the molecule is COc1ccccc1C1CC(Nc2cnns2)C1. The van der Waals surface area contributed by atoms with E-state index in [0.717, 1.165) is 23.6 Å². The lowest BCUT2D eigenvalue weighted by Gasteiger charge is -2.36. The van der Waals surface area contributed by atoms with E-state index in [1.165, 1.54) is 17.1 Å². The largest absolute Gasteiger partial charge is 0.496 e. The predicted molar refractivity (Wildman–Crippen MR) is 72.3 cm³/mol. The molecule has 3 rings (SSSR count). The Morgan fingerprint density at radius 3 is 2.89 bits per heavy atom. The van der Waals surface area contributed by atoms with Gasteiger partial charge in [0, 0.05) is 17.6 Å². The summed E-state index contributed by atoms with van der Waals surface area (Å²) in [5, 5.41) is 8.33. The topological polar surface area (TPSA) is 47.0 Å². The molecule has 0 bridgehead atoms. The molecule has 0 radical (unpaired) electrons. The highest BCUT2D eigenvalue weighted by atomic mass is 32.1. The summed E-state index contributed by atoms with van der Waals surface area (Å²) in [6.07, 6.45) is 4.05. The number of para-hydroxylation sites is 1. The summed E-state index contributed by atoms with van der Waals surface area (Å²) in [4.78, 5) is 0. The second kappa shape index (κ2) is 4.94. The Labute approximate surface area is 110 Å². The normalized spacial score (nSPS) is 22.3. The standard InChI is InChI=1S/C13H15N3OS/c1-17-12-5-3-2-4-11(12)9-6-10(7-9)15-13-8-14-16-18-13/h2-5,8-10,15H,6-7H2,1H3. The zero-order valence-corrected chi connectivity index (χ0v) is 11.0. The Hall–Kier alpha value is -1.62. The molecule has 18 heavy (non-hydrogen) atoms. The highest BCUT2D eigenvalue weighted by Crippen LogP contribution is 2.42. The van der Waals surface area contributed by atoms with Crippen LogP contribution in [-0.4, -0.2) is 22.7 Å². The predicted octanol–water partition coefficient (Wildman–Crippen LogP) is 2.90. The van der Waals surface area contributed by atoms with Crippen LogP contribution in [-0.2, 0) is 0 Å². The molecule has 5 heteroatoms. The van der Waals surface area contributed by atoms with E-state index in [1.54, 1.807) is 13.3 Å². The minimum atomic E-state index is 0.530. The summed E-state index contributed by atoms with van der Waals surface area (Å²) < 4.78 is 9.25. The van der Waals surface area contributed by atoms with Crippen LogP contribution in [0.4, 0.5) is 5.00 Å². The number of aromatic nitrogens is 2. The first kappa shape index (κ1) is 11.5. The molecule has 94 valence electrons. The monoisotopic (exact) mass is 261 g/mol. The second-order valence-corrected chi connectivity index (χ2v) is 5.32. The van der Waals surface area contributed by atoms with Crippen molar-refractivity contribution in [3.8, 4) is 5.75 Å². The third-order valence-corrected chi connectivity index (χ3v) is 4.02. The van der Waals surface area contributed by atoms with Crippen LogP contribution in [0.15, 0.2) is 30.5 Å². The third kappa shape index (κ3) is 2.18. The lowest BCUT2D eigenvalue weighted by atomic mass is 9.75. The van der Waals surface area contributed by atoms with E-state index in [-0.39, 0.29) is 0 Å². The van der Waals surface area contributed by atoms with Crippen molar-refractivity contribution in [1.82, 2.24) is 9.59 Å². The van der Waals surface area contributed by atoms with Crippen LogP contribution in [0.3, 0.4) is 0 Å². The van der Waals surface area contributed by atoms with Gasteiger partial charge in [-0.25, -0.2) is 0 Å². The van der Waals surface area contributed by atoms with Crippen LogP contribution in [0.25, 0.3) is 0 Å². The molecule has 1 aromatic heterocycles. The molecule has 0 amide bonds. The van der Waals surface area contributed by atoms with Crippen molar-refractivity contribution in [2.45, 2.75) is 24.8 Å². The number of benzene rings is 1. The number of hydrogen-bond donors (Lipinski definition) is 1. The first-order valence-corrected chi connectivity index (χ1v) is 6.81. The van der Waals surface area contributed by atoms with Gasteiger partial charge in [-0.2, -0.15) is 0 Å². The molecule has 1 saturated carbocycles. The first-order chi connectivity index (χ1) is 8.86. The number of ether oxygens (including phenoxy) is 1. The molecule has 0 atom stereocenters. The van der Waals surface area contributed by atoms with Crippen LogP contribution in [0.5, 0.6) is 5.75 Å². The molecule has 0 unspecified atom stereocenters. The lowest BCUT2D eigenvalue weighted by molar-refractivity contribution is 0.350. The van der Waals surface area contributed by atoms with E-state index in [4.69, 9.17) is 4.74 Å². The van der Waals surface area contributed by atoms with E-state index in [0.29, 0.717) is 12.0 Å². The Morgan fingerprint density at radius 2 is 2.17 bits per heavy atom. The first-order valence-electron chi connectivity index (χ1n) is 6.03. The van der Waals surface area contributed by atoms with E-state index in [1.807, 2.05) is 12.1 Å². The summed E-state index contributed by atoms with van der Waals surface area (Å²) >= 11 is 1.41. The molecule has 0 spiro atoms. The number of nitrogens with zero attached hydrogens (tertiary/aromatic N) is 2. The van der Waals surface area contributed by atoms with Gasteiger partial charge in [0.05, 0.1) is 13.3 Å². The Kier molecular flexibility index (Phi) is 3.15. The van der Waals surface area contributed by atoms with Gasteiger partial charge in [-0.3, -0.25) is 0 Å². The molecular formula is C13H15N3OS.